The van der Waals surface area contributed by atoms with E-state index in [2.05, 4.69) is 0 Å². The van der Waals surface area contributed by atoms with Crippen molar-refractivity contribution in [2.75, 3.05) is 34.2 Å². The van der Waals surface area contributed by atoms with E-state index in [9.17, 15) is 33.9 Å². The number of benzene rings is 5. The standard InChI is InChI=1S/C56H54N4O14/c1-35-30-57(54(66)59(50(35)62)52(64)37-14-8-5-9-15-37)48-28-44(61)46(73-48)32-70-34-71-45-29-49(58-31-36(2)51(63)60(55(58)67)53(65)38-16-10-6-11-17-38)74-47(45)33-72-56(39-18-12-7-13-19-39,40-20-24-42(68-3)25-21-40)41-22-26-43(69-4)27-23-41/h5-27,30-31,44-49,61H,28-29,32-34H2,1-4H3/t44-,45-,46+,47+,48+,49+/m0/s1. The first-order valence-electron chi connectivity index (χ1n) is 23.9. The summed E-state index contributed by atoms with van der Waals surface area (Å²) in [5, 5.41) is 11.2. The highest BCUT2D eigenvalue weighted by molar-refractivity contribution is 5.96. The second-order valence-corrected chi connectivity index (χ2v) is 17.9. The minimum atomic E-state index is -1.28. The minimum Gasteiger partial charge on any atom is -0.497 e. The topological polar surface area (TPSA) is 207 Å². The van der Waals surface area contributed by atoms with Crippen LogP contribution < -0.4 is 32.0 Å². The van der Waals surface area contributed by atoms with E-state index in [1.54, 1.807) is 50.6 Å². The second kappa shape index (κ2) is 22.1. The number of nitrogens with zero attached hydrogens (tertiary/aromatic N) is 4. The van der Waals surface area contributed by atoms with Gasteiger partial charge in [0.05, 0.1) is 39.6 Å². The van der Waals surface area contributed by atoms with Gasteiger partial charge in [-0.1, -0.05) is 91.0 Å². The van der Waals surface area contributed by atoms with Crippen LogP contribution in [0.5, 0.6) is 11.5 Å². The van der Waals surface area contributed by atoms with Crippen LogP contribution in [0, 0.1) is 13.8 Å². The summed E-state index contributed by atoms with van der Waals surface area (Å²) < 4.78 is 46.9. The van der Waals surface area contributed by atoms with Crippen molar-refractivity contribution in [2.45, 2.75) is 69.2 Å². The lowest BCUT2D eigenvalue weighted by Gasteiger charge is -2.37. The van der Waals surface area contributed by atoms with Gasteiger partial charge in [-0.25, -0.2) is 9.59 Å². The summed E-state index contributed by atoms with van der Waals surface area (Å²) in [4.78, 5) is 81.7. The zero-order valence-corrected chi connectivity index (χ0v) is 41.0. The molecule has 0 amide bonds. The van der Waals surface area contributed by atoms with Crippen LogP contribution in [0.3, 0.4) is 0 Å². The molecular formula is C56H54N4O14. The molecular weight excluding hydrogens is 953 g/mol. The molecule has 0 spiro atoms. The summed E-state index contributed by atoms with van der Waals surface area (Å²) in [5.74, 6) is -0.343. The lowest BCUT2D eigenvalue weighted by atomic mass is 9.80. The fourth-order valence-electron chi connectivity index (χ4n) is 9.40. The number of aryl methyl sites for hydroxylation is 2. The number of rotatable bonds is 17. The van der Waals surface area contributed by atoms with Crippen LogP contribution in [-0.4, -0.2) is 93.8 Å². The van der Waals surface area contributed by atoms with Crippen molar-refractivity contribution in [1.29, 1.82) is 0 Å². The third-order valence-corrected chi connectivity index (χ3v) is 13.3. The molecule has 0 radical (unpaired) electrons. The highest BCUT2D eigenvalue weighted by Gasteiger charge is 2.44. The van der Waals surface area contributed by atoms with Gasteiger partial charge in [-0.2, -0.15) is 9.13 Å². The number of hydrogen-bond donors (Lipinski definition) is 1. The largest absolute Gasteiger partial charge is 0.497 e. The molecule has 74 heavy (non-hydrogen) atoms. The summed E-state index contributed by atoms with van der Waals surface area (Å²) >= 11 is 0. The SMILES string of the molecule is COc1ccc(C(OC[C@H]2O[C@@H](n3cc(C)c(=O)n(C(=O)c4ccccc4)c3=O)C[C@@H]2OCOC[C@H]2O[C@@H](n3cc(C)c(=O)n(C(=O)c4ccccc4)c3=O)C[C@@H]2O)(c2ccccc2)c2ccc(OC)cc2)cc1. The Bertz CT molecular complexity index is 3310. The van der Waals surface area contributed by atoms with Crippen molar-refractivity contribution >= 4 is 11.8 Å². The van der Waals surface area contributed by atoms with E-state index in [4.69, 9.17) is 33.2 Å². The van der Waals surface area contributed by atoms with E-state index in [0.29, 0.717) is 20.6 Å². The van der Waals surface area contributed by atoms with Gasteiger partial charge in [0, 0.05) is 47.5 Å². The Labute approximate surface area is 424 Å². The minimum absolute atomic E-state index is 0.0299. The molecule has 2 aliphatic heterocycles. The molecule has 0 bridgehead atoms. The third kappa shape index (κ3) is 10.1. The van der Waals surface area contributed by atoms with Crippen LogP contribution in [0.1, 0.15) is 73.8 Å². The van der Waals surface area contributed by atoms with Crippen LogP contribution in [0.25, 0.3) is 0 Å². The van der Waals surface area contributed by atoms with Gasteiger partial charge < -0.3 is 38.3 Å². The number of carbonyl (C=O) groups is 2. The van der Waals surface area contributed by atoms with Gasteiger partial charge in [0.15, 0.2) is 0 Å². The number of aromatic nitrogens is 4. The molecule has 2 aliphatic rings. The fraction of sp³-hybridized carbons (Fsp3) is 0.286. The maximum atomic E-state index is 14.3. The molecule has 0 unspecified atom stereocenters. The maximum Gasteiger partial charge on any atom is 0.340 e. The Balaban J connectivity index is 0.998. The van der Waals surface area contributed by atoms with E-state index < -0.39 is 76.8 Å². The van der Waals surface area contributed by atoms with Crippen molar-refractivity contribution in [3.8, 4) is 11.5 Å². The van der Waals surface area contributed by atoms with Gasteiger partial charge >= 0.3 is 11.4 Å². The van der Waals surface area contributed by atoms with Crippen LogP contribution in [-0.2, 0) is 29.3 Å². The predicted molar refractivity (Wildman–Crippen MR) is 269 cm³/mol. The summed E-state index contributed by atoms with van der Waals surface area (Å²) in [6, 6.07) is 40.6. The molecule has 9 rings (SSSR count). The summed E-state index contributed by atoms with van der Waals surface area (Å²) in [6.45, 7) is 2.27. The van der Waals surface area contributed by atoms with Crippen molar-refractivity contribution < 1.29 is 47.9 Å². The number of aliphatic hydroxyl groups is 1. The van der Waals surface area contributed by atoms with E-state index in [1.165, 1.54) is 55.1 Å². The number of aliphatic hydroxyl groups excluding tert-OH is 1. The predicted octanol–water partition coefficient (Wildman–Crippen LogP) is 5.35. The molecule has 6 atom stereocenters. The van der Waals surface area contributed by atoms with Crippen LogP contribution >= 0.6 is 0 Å². The lowest BCUT2D eigenvalue weighted by Crippen LogP contribution is -2.45. The quantitative estimate of drug-likeness (QED) is 0.0694. The van der Waals surface area contributed by atoms with Gasteiger partial charge in [0.1, 0.15) is 48.6 Å². The molecule has 1 N–H and O–H groups in total. The average molecular weight is 1010 g/mol. The Morgan fingerprint density at radius 1 is 0.581 bits per heavy atom. The molecule has 4 heterocycles. The molecule has 382 valence electrons. The van der Waals surface area contributed by atoms with Gasteiger partial charge in [0.2, 0.25) is 0 Å². The molecule has 18 nitrogen and oxygen atoms in total. The number of carbonyl (C=O) groups excluding carboxylic acids is 2. The molecule has 2 fully saturated rings. The molecule has 2 aromatic heterocycles. The lowest BCUT2D eigenvalue weighted by molar-refractivity contribution is -0.151. The molecule has 0 saturated carbocycles. The van der Waals surface area contributed by atoms with E-state index in [1.807, 2.05) is 78.9 Å². The van der Waals surface area contributed by atoms with E-state index in [0.717, 1.165) is 21.3 Å². The summed E-state index contributed by atoms with van der Waals surface area (Å²) in [6.07, 6.45) is -3.33. The molecule has 5 aromatic carbocycles. The monoisotopic (exact) mass is 1010 g/mol. The fourth-order valence-corrected chi connectivity index (χ4v) is 9.40. The Morgan fingerprint density at radius 2 is 1.01 bits per heavy atom. The second-order valence-electron chi connectivity index (χ2n) is 17.9. The van der Waals surface area contributed by atoms with Crippen LogP contribution in [0.4, 0.5) is 0 Å². The third-order valence-electron chi connectivity index (χ3n) is 13.3. The Hall–Kier alpha value is -7.84. The molecule has 7 aromatic rings. The molecule has 0 aliphatic carbocycles. The first kappa shape index (κ1) is 51.1. The van der Waals surface area contributed by atoms with Crippen LogP contribution in [0.2, 0.25) is 0 Å². The zero-order valence-electron chi connectivity index (χ0n) is 41.0. The number of methoxy groups -OCH3 is 2. The van der Waals surface area contributed by atoms with Crippen molar-refractivity contribution in [2.24, 2.45) is 0 Å². The van der Waals surface area contributed by atoms with Crippen molar-refractivity contribution in [1.82, 2.24) is 18.3 Å². The number of ether oxygens (including phenoxy) is 7. The Kier molecular flexibility index (Phi) is 15.3. The van der Waals surface area contributed by atoms with E-state index >= 15 is 0 Å². The first-order valence-corrected chi connectivity index (χ1v) is 23.9. The Morgan fingerprint density at radius 3 is 1.49 bits per heavy atom. The average Bonchev–Trinajstić information content (AvgIpc) is 4.03. The highest BCUT2D eigenvalue weighted by Crippen LogP contribution is 2.43. The summed E-state index contributed by atoms with van der Waals surface area (Å²) in [5.41, 5.74) is -1.88. The van der Waals surface area contributed by atoms with Crippen LogP contribution in [0.15, 0.2) is 171 Å². The van der Waals surface area contributed by atoms with Crippen molar-refractivity contribution in [3.63, 3.8) is 0 Å². The van der Waals surface area contributed by atoms with Gasteiger partial charge in [-0.15, -0.1) is 0 Å². The van der Waals surface area contributed by atoms with Gasteiger partial charge in [0.25, 0.3) is 22.9 Å². The molecule has 2 saturated heterocycles. The number of hydrogen-bond acceptors (Lipinski definition) is 14. The first-order chi connectivity index (χ1) is 35.8. The zero-order chi connectivity index (χ0) is 52.1. The van der Waals surface area contributed by atoms with Gasteiger partial charge in [-0.3, -0.25) is 28.3 Å². The normalized spacial score (nSPS) is 19.6. The maximum absolute atomic E-state index is 14.3. The van der Waals surface area contributed by atoms with Crippen molar-refractivity contribution in [3.05, 3.63) is 233 Å². The highest BCUT2D eigenvalue weighted by atomic mass is 16.7. The van der Waals surface area contributed by atoms with Gasteiger partial charge in [-0.05, 0) is 79.1 Å². The smallest absolute Gasteiger partial charge is 0.340 e. The molecule has 18 heteroatoms. The van der Waals surface area contributed by atoms with E-state index in [-0.39, 0.29) is 55.1 Å². The summed E-state index contributed by atoms with van der Waals surface area (Å²) in [7, 11) is 3.16.